The Bertz CT molecular complexity index is 1850. The number of azo groups is 1. The average Bonchev–Trinajstić information content (AvgIpc) is 3.39. The molecule has 4 rings (SSSR count). The molecule has 1 amide bonds. The maximum Gasteiger partial charge on any atom is 0.280 e. The molecule has 1 aliphatic rings. The quantitative estimate of drug-likeness (QED) is 0.0726. The molecule has 0 aliphatic carbocycles. The topological polar surface area (TPSA) is 136 Å². The van der Waals surface area contributed by atoms with E-state index in [1.165, 1.54) is 94.5 Å². The number of hydrazine groups is 1. The number of aliphatic imine (C=N–C) groups is 1. The molecule has 1 fully saturated rings. The third-order valence-electron chi connectivity index (χ3n) is 8.78. The zero-order valence-corrected chi connectivity index (χ0v) is 34.0. The van der Waals surface area contributed by atoms with Crippen LogP contribution in [-0.2, 0) is 14.8 Å². The Kier molecular flexibility index (Phi) is 17.0. The van der Waals surface area contributed by atoms with Crippen molar-refractivity contribution < 1.29 is 18.3 Å². The Morgan fingerprint density at radius 3 is 1.96 bits per heavy atom. The standard InChI is InChI=1S/C38H48Cl4N6O4S/c1-3-4-5-6-7-8-9-10-11-12-13-14-15-16-21-53(51,52)47-28-18-19-29(40)32(25-28)43-37-35(45-44-33-22-26(2)17-20-34(33)49)38(50)48(46-37)36-30(41)23-27(39)24-31(36)42/h17-20,22-25,35,47,49H,3-16,21H2,1-2H3,(H,43,46). The van der Waals surface area contributed by atoms with Gasteiger partial charge in [-0.1, -0.05) is 143 Å². The molecule has 288 valence electrons. The van der Waals surface area contributed by atoms with Crippen LogP contribution in [0, 0.1) is 6.92 Å². The number of anilines is 2. The highest BCUT2D eigenvalue weighted by atomic mass is 35.5. The second-order valence-electron chi connectivity index (χ2n) is 13.3. The van der Waals surface area contributed by atoms with Crippen LogP contribution in [0.2, 0.25) is 20.1 Å². The summed E-state index contributed by atoms with van der Waals surface area (Å²) in [6, 6.07) is 10.8. The van der Waals surface area contributed by atoms with Gasteiger partial charge >= 0.3 is 0 Å². The lowest BCUT2D eigenvalue weighted by molar-refractivity contribution is -0.117. The highest BCUT2D eigenvalue weighted by Gasteiger charge is 2.41. The van der Waals surface area contributed by atoms with E-state index in [-0.39, 0.29) is 60.2 Å². The molecule has 3 aromatic rings. The number of phenolic OH excluding ortho intramolecular Hbond substituents is 1. The lowest BCUT2D eigenvalue weighted by Crippen LogP contribution is -2.36. The zero-order valence-electron chi connectivity index (χ0n) is 30.2. The highest BCUT2D eigenvalue weighted by Crippen LogP contribution is 2.39. The van der Waals surface area contributed by atoms with Crippen LogP contribution in [0.1, 0.15) is 102 Å². The van der Waals surface area contributed by atoms with Crippen molar-refractivity contribution in [2.24, 2.45) is 15.2 Å². The molecule has 0 spiro atoms. The maximum atomic E-state index is 13.8. The van der Waals surface area contributed by atoms with Crippen LogP contribution in [0.4, 0.5) is 22.7 Å². The number of sulfonamides is 1. The second-order valence-corrected chi connectivity index (χ2v) is 16.8. The van der Waals surface area contributed by atoms with Crippen molar-refractivity contribution >= 4 is 90.9 Å². The molecule has 3 N–H and O–H groups in total. The fourth-order valence-corrected chi connectivity index (χ4v) is 8.23. The molecule has 1 heterocycles. The number of hydrogen-bond acceptors (Lipinski definition) is 7. The van der Waals surface area contributed by atoms with Crippen LogP contribution in [0.5, 0.6) is 5.75 Å². The van der Waals surface area contributed by atoms with E-state index in [9.17, 15) is 18.3 Å². The fraction of sp³-hybridized carbons (Fsp3) is 0.474. The van der Waals surface area contributed by atoms with Crippen molar-refractivity contribution in [1.82, 2.24) is 5.43 Å². The monoisotopic (exact) mass is 824 g/mol. The Hall–Kier alpha value is -3.09. The molecule has 1 atom stereocenters. The summed E-state index contributed by atoms with van der Waals surface area (Å²) in [5.74, 6) is -0.780. The maximum absolute atomic E-state index is 13.8. The summed E-state index contributed by atoms with van der Waals surface area (Å²) >= 11 is 25.5. The minimum absolute atomic E-state index is 0.00251. The lowest BCUT2D eigenvalue weighted by atomic mass is 10.0. The summed E-state index contributed by atoms with van der Waals surface area (Å²) in [6.07, 6.45) is 16.5. The number of aromatic hydroxyl groups is 1. The van der Waals surface area contributed by atoms with Crippen molar-refractivity contribution in [3.63, 3.8) is 0 Å². The number of rotatable bonds is 21. The molecule has 15 heteroatoms. The van der Waals surface area contributed by atoms with E-state index in [1.807, 2.05) is 6.92 Å². The Morgan fingerprint density at radius 2 is 1.36 bits per heavy atom. The number of unbranched alkanes of at least 4 members (excludes halogenated alkanes) is 13. The van der Waals surface area contributed by atoms with Crippen molar-refractivity contribution in [2.45, 2.75) is 110 Å². The largest absolute Gasteiger partial charge is 0.506 e. The smallest absolute Gasteiger partial charge is 0.280 e. The van der Waals surface area contributed by atoms with Crippen molar-refractivity contribution in [1.29, 1.82) is 0 Å². The first-order chi connectivity index (χ1) is 25.4. The van der Waals surface area contributed by atoms with E-state index in [1.54, 1.807) is 18.2 Å². The Labute approximate surface area is 333 Å². The van der Waals surface area contributed by atoms with Gasteiger partial charge in [0.1, 0.15) is 17.1 Å². The number of carbonyl (C=O) groups excluding carboxylic acids is 1. The number of halogens is 4. The summed E-state index contributed by atoms with van der Waals surface area (Å²) in [5.41, 5.74) is 4.38. The number of nitrogens with zero attached hydrogens (tertiary/aromatic N) is 4. The summed E-state index contributed by atoms with van der Waals surface area (Å²) < 4.78 is 28.6. The number of aryl methyl sites for hydroxylation is 1. The summed E-state index contributed by atoms with van der Waals surface area (Å²) in [6.45, 7) is 4.06. The van der Waals surface area contributed by atoms with Gasteiger partial charge in [0.25, 0.3) is 5.91 Å². The third-order valence-corrected chi connectivity index (χ3v) is 11.3. The molecule has 0 radical (unpaired) electrons. The SMILES string of the molecule is CCCCCCCCCCCCCCCCS(=O)(=O)Nc1ccc(Cl)c(N=C2NN(c3c(Cl)cc(Cl)cc3Cl)C(=O)C2N=Nc2cc(C)ccc2O)c1. The molecular weight excluding hydrogens is 778 g/mol. The lowest BCUT2D eigenvalue weighted by Gasteiger charge is -2.19. The van der Waals surface area contributed by atoms with Crippen molar-refractivity contribution in [3.05, 3.63) is 74.2 Å². The average molecular weight is 827 g/mol. The van der Waals surface area contributed by atoms with Crippen LogP contribution in [0.25, 0.3) is 0 Å². The Morgan fingerprint density at radius 1 is 0.774 bits per heavy atom. The fourth-order valence-electron chi connectivity index (χ4n) is 5.92. The van der Waals surface area contributed by atoms with Crippen LogP contribution in [0.15, 0.2) is 63.8 Å². The molecule has 0 saturated carbocycles. The first-order valence-electron chi connectivity index (χ1n) is 18.2. The minimum Gasteiger partial charge on any atom is -0.506 e. The molecule has 0 bridgehead atoms. The van der Waals surface area contributed by atoms with Crippen LogP contribution in [0.3, 0.4) is 0 Å². The second kappa shape index (κ2) is 21.1. The van der Waals surface area contributed by atoms with Gasteiger partial charge in [-0.25, -0.2) is 18.4 Å². The van der Waals surface area contributed by atoms with Crippen LogP contribution < -0.4 is 15.2 Å². The molecule has 10 nitrogen and oxygen atoms in total. The summed E-state index contributed by atoms with van der Waals surface area (Å²) in [4.78, 5) is 18.3. The van der Waals surface area contributed by atoms with E-state index in [0.29, 0.717) is 6.42 Å². The van der Waals surface area contributed by atoms with E-state index in [0.717, 1.165) is 29.8 Å². The van der Waals surface area contributed by atoms with E-state index in [2.05, 4.69) is 32.3 Å². The number of phenols is 1. The minimum atomic E-state index is -3.65. The van der Waals surface area contributed by atoms with Gasteiger partial charge in [0.2, 0.25) is 16.1 Å². The molecule has 1 aliphatic heterocycles. The summed E-state index contributed by atoms with van der Waals surface area (Å²) in [7, 11) is -3.65. The molecule has 0 aromatic heterocycles. The first-order valence-corrected chi connectivity index (χ1v) is 21.4. The number of benzene rings is 3. The molecule has 1 unspecified atom stereocenters. The van der Waals surface area contributed by atoms with Crippen LogP contribution in [-0.4, -0.2) is 37.1 Å². The van der Waals surface area contributed by atoms with Gasteiger partial charge in [-0.05, 0) is 61.4 Å². The molecule has 1 saturated heterocycles. The highest BCUT2D eigenvalue weighted by molar-refractivity contribution is 7.92. The zero-order chi connectivity index (χ0) is 38.4. The summed E-state index contributed by atoms with van der Waals surface area (Å²) in [5, 5.41) is 20.4. The van der Waals surface area contributed by atoms with E-state index >= 15 is 0 Å². The van der Waals surface area contributed by atoms with Gasteiger partial charge in [0, 0.05) is 5.02 Å². The van der Waals surface area contributed by atoms with Gasteiger partial charge in [-0.15, -0.1) is 0 Å². The van der Waals surface area contributed by atoms with Gasteiger partial charge in [0.05, 0.1) is 32.2 Å². The van der Waals surface area contributed by atoms with Gasteiger partial charge in [-0.2, -0.15) is 10.2 Å². The Balaban J connectivity index is 1.40. The third kappa shape index (κ3) is 13.3. The number of amidine groups is 1. The normalized spacial score (nSPS) is 15.5. The number of hydrogen-bond donors (Lipinski definition) is 3. The van der Waals surface area contributed by atoms with Gasteiger partial charge in [-0.3, -0.25) is 14.9 Å². The van der Waals surface area contributed by atoms with Crippen LogP contribution >= 0.6 is 46.4 Å². The van der Waals surface area contributed by atoms with Crippen molar-refractivity contribution in [3.8, 4) is 5.75 Å². The van der Waals surface area contributed by atoms with E-state index < -0.39 is 22.0 Å². The predicted octanol–water partition coefficient (Wildman–Crippen LogP) is 12.3. The van der Waals surface area contributed by atoms with Gasteiger partial charge in [0.15, 0.2) is 5.84 Å². The first kappa shape index (κ1) is 42.6. The number of amides is 1. The van der Waals surface area contributed by atoms with Crippen molar-refractivity contribution in [2.75, 3.05) is 15.5 Å². The molecular formula is C38H48Cl4N6O4S. The molecule has 53 heavy (non-hydrogen) atoms. The van der Waals surface area contributed by atoms with Gasteiger partial charge < -0.3 is 5.11 Å². The molecule has 3 aromatic carbocycles. The van der Waals surface area contributed by atoms with E-state index in [4.69, 9.17) is 46.4 Å². The number of nitrogens with one attached hydrogen (secondary N) is 2. The number of carbonyl (C=O) groups is 1. The predicted molar refractivity (Wildman–Crippen MR) is 220 cm³/mol.